The average Bonchev–Trinajstić information content (AvgIpc) is 2.88. The molecule has 7 nitrogen and oxygen atoms in total. The van der Waals surface area contributed by atoms with Crippen molar-refractivity contribution >= 4 is 17.5 Å². The number of imidazole rings is 1. The lowest BCUT2D eigenvalue weighted by Crippen LogP contribution is -2.04. The molecule has 0 aliphatic carbocycles. The van der Waals surface area contributed by atoms with Crippen LogP contribution in [0.25, 0.3) is 11.5 Å². The molecular formula is C12H12N6O. The number of ether oxygens (including phenoxy) is 1. The lowest BCUT2D eigenvalue weighted by molar-refractivity contribution is 0.417. The fourth-order valence-electron chi connectivity index (χ4n) is 1.79. The Kier molecular flexibility index (Phi) is 2.64. The summed E-state index contributed by atoms with van der Waals surface area (Å²) in [4.78, 5) is 15.3. The van der Waals surface area contributed by atoms with E-state index in [1.165, 1.54) is 6.33 Å². The molecule has 2 aliphatic heterocycles. The maximum absolute atomic E-state index is 5.86. The maximum Gasteiger partial charge on any atom is 0.208 e. The predicted octanol–water partition coefficient (Wildman–Crippen LogP) is 1.64. The molecule has 0 atom stereocenters. The van der Waals surface area contributed by atoms with Crippen molar-refractivity contribution in [2.75, 3.05) is 18.2 Å². The lowest BCUT2D eigenvalue weighted by atomic mass is 10.3. The number of nitrogen functional groups attached to an aromatic ring is 1. The van der Waals surface area contributed by atoms with E-state index < -0.39 is 0 Å². The van der Waals surface area contributed by atoms with Gasteiger partial charge < -0.3 is 20.8 Å². The maximum atomic E-state index is 5.86. The van der Waals surface area contributed by atoms with Crippen molar-refractivity contribution in [3.63, 3.8) is 0 Å². The first-order chi connectivity index (χ1) is 9.28. The number of aromatic nitrogens is 4. The molecule has 0 aromatic heterocycles. The molecule has 0 spiro atoms. The molecule has 0 saturated carbocycles. The number of hydrogen-bond acceptors (Lipinski definition) is 6. The summed E-state index contributed by atoms with van der Waals surface area (Å²) < 4.78 is 5.26. The minimum absolute atomic E-state index is 0.417. The van der Waals surface area contributed by atoms with Crippen LogP contribution in [0.3, 0.4) is 0 Å². The van der Waals surface area contributed by atoms with Crippen molar-refractivity contribution in [3.05, 3.63) is 30.6 Å². The number of para-hydroxylation sites is 2. The quantitative estimate of drug-likeness (QED) is 0.658. The van der Waals surface area contributed by atoms with Crippen molar-refractivity contribution in [2.45, 2.75) is 0 Å². The largest absolute Gasteiger partial charge is 0.495 e. The number of fused-ring (bicyclic) bond motifs is 1. The van der Waals surface area contributed by atoms with Gasteiger partial charge in [-0.1, -0.05) is 12.1 Å². The van der Waals surface area contributed by atoms with E-state index in [1.807, 2.05) is 24.3 Å². The SMILES string of the molecule is COc1ccccc1Nc1nc2ncnc-2c(N)[nH]1. The summed E-state index contributed by atoms with van der Waals surface area (Å²) in [6, 6.07) is 7.52. The Labute approximate surface area is 109 Å². The highest BCUT2D eigenvalue weighted by molar-refractivity contribution is 5.69. The van der Waals surface area contributed by atoms with Crippen LogP contribution < -0.4 is 15.8 Å². The van der Waals surface area contributed by atoms with Gasteiger partial charge in [0, 0.05) is 0 Å². The van der Waals surface area contributed by atoms with Gasteiger partial charge in [0.25, 0.3) is 0 Å². The molecule has 4 N–H and O–H groups in total. The van der Waals surface area contributed by atoms with Gasteiger partial charge in [0.2, 0.25) is 5.95 Å². The molecule has 1 aromatic carbocycles. The number of H-pyrrole nitrogens is 1. The van der Waals surface area contributed by atoms with Crippen molar-refractivity contribution in [3.8, 4) is 17.3 Å². The molecule has 0 amide bonds. The average molecular weight is 256 g/mol. The molecular weight excluding hydrogens is 244 g/mol. The van der Waals surface area contributed by atoms with Crippen LogP contribution in [0.2, 0.25) is 0 Å². The molecule has 3 rings (SSSR count). The molecule has 0 unspecified atom stereocenters. The molecule has 0 saturated heterocycles. The molecule has 96 valence electrons. The van der Waals surface area contributed by atoms with Gasteiger partial charge in [-0.2, -0.15) is 4.98 Å². The number of benzene rings is 1. The Morgan fingerprint density at radius 3 is 2.95 bits per heavy atom. The van der Waals surface area contributed by atoms with Crippen LogP contribution in [0.5, 0.6) is 5.75 Å². The smallest absolute Gasteiger partial charge is 0.208 e. The summed E-state index contributed by atoms with van der Waals surface area (Å²) in [7, 11) is 1.61. The Morgan fingerprint density at radius 1 is 1.26 bits per heavy atom. The van der Waals surface area contributed by atoms with Gasteiger partial charge in [-0.25, -0.2) is 9.97 Å². The van der Waals surface area contributed by atoms with Gasteiger partial charge >= 0.3 is 0 Å². The number of hydrogen-bond donors (Lipinski definition) is 3. The van der Waals surface area contributed by atoms with Crippen LogP contribution in [0.15, 0.2) is 30.6 Å². The first kappa shape index (κ1) is 11.3. The van der Waals surface area contributed by atoms with E-state index in [0.717, 1.165) is 5.69 Å². The Bertz CT molecular complexity index is 680. The van der Waals surface area contributed by atoms with Crippen molar-refractivity contribution in [1.29, 1.82) is 0 Å². The first-order valence-electron chi connectivity index (χ1n) is 5.64. The standard InChI is InChI=1S/C12H12N6O/c1-19-8-5-3-2-4-7(8)16-12-17-10(13)9-11(18-12)15-6-14-9/h2-6H,1H3,(H4,13,14,15,16,17,18). The highest BCUT2D eigenvalue weighted by atomic mass is 16.5. The van der Waals surface area contributed by atoms with E-state index in [0.29, 0.717) is 29.0 Å². The van der Waals surface area contributed by atoms with Gasteiger partial charge in [-0.3, -0.25) is 0 Å². The van der Waals surface area contributed by atoms with E-state index in [1.54, 1.807) is 7.11 Å². The summed E-state index contributed by atoms with van der Waals surface area (Å²) in [6.07, 6.45) is 1.43. The minimum atomic E-state index is 0.417. The van der Waals surface area contributed by atoms with Crippen LogP contribution in [-0.2, 0) is 0 Å². The number of anilines is 3. The topological polar surface area (TPSA) is 102 Å². The van der Waals surface area contributed by atoms with Gasteiger partial charge in [-0.15, -0.1) is 0 Å². The summed E-state index contributed by atoms with van der Waals surface area (Å²) >= 11 is 0. The summed E-state index contributed by atoms with van der Waals surface area (Å²) in [6.45, 7) is 0. The Morgan fingerprint density at radius 2 is 2.11 bits per heavy atom. The fraction of sp³-hybridized carbons (Fsp3) is 0.0833. The highest BCUT2D eigenvalue weighted by Gasteiger charge is 2.14. The van der Waals surface area contributed by atoms with Crippen LogP contribution in [-0.4, -0.2) is 27.0 Å². The molecule has 19 heavy (non-hydrogen) atoms. The summed E-state index contributed by atoms with van der Waals surface area (Å²) in [5.41, 5.74) is 7.20. The van der Waals surface area contributed by atoms with E-state index in [4.69, 9.17) is 10.5 Å². The predicted molar refractivity (Wildman–Crippen MR) is 71.5 cm³/mol. The van der Waals surface area contributed by atoms with Crippen molar-refractivity contribution in [1.82, 2.24) is 19.9 Å². The molecule has 1 aromatic rings. The van der Waals surface area contributed by atoms with E-state index in [2.05, 4.69) is 25.3 Å². The van der Waals surface area contributed by atoms with Crippen LogP contribution >= 0.6 is 0 Å². The molecule has 0 radical (unpaired) electrons. The fourth-order valence-corrected chi connectivity index (χ4v) is 1.79. The van der Waals surface area contributed by atoms with Gasteiger partial charge in [0.1, 0.15) is 23.6 Å². The third kappa shape index (κ3) is 2.01. The molecule has 0 bridgehead atoms. The van der Waals surface area contributed by atoms with E-state index in [9.17, 15) is 0 Å². The highest BCUT2D eigenvalue weighted by Crippen LogP contribution is 2.28. The van der Waals surface area contributed by atoms with Crippen LogP contribution in [0.1, 0.15) is 0 Å². The summed E-state index contributed by atoms with van der Waals surface area (Å²) in [5.74, 6) is 2.11. The Hall–Kier alpha value is -2.83. The molecule has 7 heteroatoms. The number of rotatable bonds is 3. The Balaban J connectivity index is 1.99. The second-order valence-electron chi connectivity index (χ2n) is 3.87. The second kappa shape index (κ2) is 4.45. The van der Waals surface area contributed by atoms with Gasteiger partial charge in [0.05, 0.1) is 12.8 Å². The number of aromatic amines is 1. The summed E-state index contributed by atoms with van der Waals surface area (Å²) in [5, 5.41) is 3.11. The third-order valence-electron chi connectivity index (χ3n) is 2.66. The van der Waals surface area contributed by atoms with Crippen LogP contribution in [0.4, 0.5) is 17.5 Å². The second-order valence-corrected chi connectivity index (χ2v) is 3.87. The minimum Gasteiger partial charge on any atom is -0.495 e. The molecule has 0 fully saturated rings. The van der Waals surface area contributed by atoms with Gasteiger partial charge in [-0.05, 0) is 12.1 Å². The van der Waals surface area contributed by atoms with Crippen molar-refractivity contribution in [2.24, 2.45) is 0 Å². The van der Waals surface area contributed by atoms with Crippen LogP contribution in [0, 0.1) is 0 Å². The third-order valence-corrected chi connectivity index (χ3v) is 2.66. The first-order valence-corrected chi connectivity index (χ1v) is 5.64. The van der Waals surface area contributed by atoms with E-state index in [-0.39, 0.29) is 0 Å². The number of nitrogens with zero attached hydrogens (tertiary/aromatic N) is 3. The normalized spacial score (nSPS) is 10.6. The zero-order valence-electron chi connectivity index (χ0n) is 10.2. The molecule has 2 aliphatic rings. The number of nitrogens with two attached hydrogens (primary N) is 1. The van der Waals surface area contributed by atoms with Gasteiger partial charge in [0.15, 0.2) is 5.82 Å². The zero-order chi connectivity index (χ0) is 13.2. The number of methoxy groups -OCH3 is 1. The monoisotopic (exact) mass is 256 g/mol. The molecule has 2 heterocycles. The van der Waals surface area contributed by atoms with E-state index >= 15 is 0 Å². The van der Waals surface area contributed by atoms with Crippen molar-refractivity contribution < 1.29 is 4.74 Å². The zero-order valence-corrected chi connectivity index (χ0v) is 10.2. The lowest BCUT2D eigenvalue weighted by Gasteiger charge is -2.11. The number of nitrogens with one attached hydrogen (secondary N) is 2.